The fourth-order valence-corrected chi connectivity index (χ4v) is 3.10. The maximum absolute atomic E-state index is 9.31. The first-order chi connectivity index (χ1) is 9.10. The Hall–Kier alpha value is -1.26. The van der Waals surface area contributed by atoms with Crippen molar-refractivity contribution in [2.24, 2.45) is 11.1 Å². The van der Waals surface area contributed by atoms with Crippen molar-refractivity contribution in [3.8, 4) is 0 Å². The lowest BCUT2D eigenvalue weighted by molar-refractivity contribution is 0.311. The molecule has 19 heavy (non-hydrogen) atoms. The number of allylic oxidation sites excluding steroid dienone is 4. The monoisotopic (exact) mass is 299 g/mol. The second-order valence-corrected chi connectivity index (χ2v) is 5.61. The van der Waals surface area contributed by atoms with Crippen LogP contribution >= 0.6 is 23.2 Å². The van der Waals surface area contributed by atoms with E-state index in [1.54, 1.807) is 29.4 Å². The molecule has 2 unspecified atom stereocenters. The average molecular weight is 300 g/mol. The summed E-state index contributed by atoms with van der Waals surface area (Å²) >= 11 is 12.7. The Bertz CT molecular complexity index is 522. The molecule has 1 aliphatic carbocycles. The summed E-state index contributed by atoms with van der Waals surface area (Å²) in [6.07, 6.45) is 12.0. The van der Waals surface area contributed by atoms with Gasteiger partial charge < -0.3 is 5.21 Å². The zero-order valence-electron chi connectivity index (χ0n) is 10.5. The molecule has 0 bridgehead atoms. The summed E-state index contributed by atoms with van der Waals surface area (Å²) in [7, 11) is 0. The lowest BCUT2D eigenvalue weighted by Gasteiger charge is -2.33. The Morgan fingerprint density at radius 1 is 1.63 bits per heavy atom. The van der Waals surface area contributed by atoms with Crippen molar-refractivity contribution in [2.45, 2.75) is 24.6 Å². The van der Waals surface area contributed by atoms with E-state index in [0.717, 1.165) is 12.8 Å². The minimum Gasteiger partial charge on any atom is -0.409 e. The van der Waals surface area contributed by atoms with E-state index in [4.69, 9.17) is 23.2 Å². The first-order valence-corrected chi connectivity index (χ1v) is 6.82. The highest BCUT2D eigenvalue weighted by molar-refractivity contribution is 6.34. The largest absolute Gasteiger partial charge is 0.409 e. The molecule has 0 radical (unpaired) electrons. The molecule has 102 valence electrons. The van der Waals surface area contributed by atoms with E-state index in [1.807, 2.05) is 19.1 Å². The molecule has 4 nitrogen and oxygen atoms in total. The Morgan fingerprint density at radius 2 is 2.42 bits per heavy atom. The van der Waals surface area contributed by atoms with Gasteiger partial charge in [0.05, 0.1) is 10.8 Å². The van der Waals surface area contributed by atoms with Crippen LogP contribution in [0.2, 0.25) is 0 Å². The molecular formula is C13H15Cl2N3O. The minimum absolute atomic E-state index is 0.268. The Labute approximate surface area is 122 Å². The molecule has 0 saturated heterocycles. The Balaban J connectivity index is 2.39. The van der Waals surface area contributed by atoms with Gasteiger partial charge in [0, 0.05) is 17.4 Å². The van der Waals surface area contributed by atoms with Crippen LogP contribution in [0.1, 0.15) is 19.8 Å². The van der Waals surface area contributed by atoms with Gasteiger partial charge in [-0.25, -0.2) is 4.98 Å². The molecule has 2 rings (SSSR count). The zero-order chi connectivity index (χ0) is 13.9. The van der Waals surface area contributed by atoms with Gasteiger partial charge in [0.15, 0.2) is 5.84 Å². The van der Waals surface area contributed by atoms with Crippen LogP contribution < -0.4 is 0 Å². The second-order valence-electron chi connectivity index (χ2n) is 4.47. The number of halogens is 2. The number of hydrogen-bond donors (Lipinski definition) is 1. The molecule has 1 aromatic heterocycles. The normalized spacial score (nSPS) is 27.4. The maximum atomic E-state index is 9.31. The highest BCUT2D eigenvalue weighted by atomic mass is 35.5. The Kier molecular flexibility index (Phi) is 4.32. The van der Waals surface area contributed by atoms with Gasteiger partial charge in [0.1, 0.15) is 6.33 Å². The molecule has 1 N–H and O–H groups in total. The van der Waals surface area contributed by atoms with Gasteiger partial charge in [-0.05, 0) is 18.6 Å². The molecule has 1 aliphatic rings. The van der Waals surface area contributed by atoms with Crippen LogP contribution in [0.5, 0.6) is 0 Å². The number of nitrogens with zero attached hydrogens (tertiary/aromatic N) is 3. The van der Waals surface area contributed by atoms with E-state index in [0.29, 0.717) is 10.9 Å². The van der Waals surface area contributed by atoms with Gasteiger partial charge in [-0.15, -0.1) is 11.6 Å². The van der Waals surface area contributed by atoms with Crippen molar-refractivity contribution in [3.63, 3.8) is 0 Å². The van der Waals surface area contributed by atoms with Crippen LogP contribution in [-0.2, 0) is 0 Å². The summed E-state index contributed by atoms with van der Waals surface area (Å²) in [6.45, 7) is 2.05. The van der Waals surface area contributed by atoms with E-state index >= 15 is 0 Å². The number of oxime groups is 1. The fourth-order valence-electron chi connectivity index (χ4n) is 2.30. The zero-order valence-corrected chi connectivity index (χ0v) is 12.0. The number of aromatic nitrogens is 2. The second kappa shape index (κ2) is 5.80. The molecule has 6 heteroatoms. The van der Waals surface area contributed by atoms with Crippen LogP contribution in [0, 0.1) is 5.92 Å². The number of alkyl halides is 1. The number of hydrogen-bond acceptors (Lipinski definition) is 3. The van der Waals surface area contributed by atoms with Crippen LogP contribution in [0.25, 0.3) is 0 Å². The van der Waals surface area contributed by atoms with Crippen LogP contribution in [0.3, 0.4) is 0 Å². The van der Waals surface area contributed by atoms with Crippen molar-refractivity contribution in [2.75, 3.05) is 0 Å². The molecule has 0 saturated carbocycles. The van der Waals surface area contributed by atoms with Crippen molar-refractivity contribution in [1.82, 2.24) is 9.55 Å². The fraction of sp³-hybridized carbons (Fsp3) is 0.385. The van der Waals surface area contributed by atoms with Crippen molar-refractivity contribution >= 4 is 29.0 Å². The summed E-state index contributed by atoms with van der Waals surface area (Å²) in [5.41, 5.74) is 0. The standard InChI is InChI=1S/C13H15Cl2N3O/c1-2-5-13(15)8-10(14)3-4-11(13)12(17-19)18-7-6-16-9-18/h3-4,6-9,11,19H,2,5H2,1H3. The molecule has 2 atom stereocenters. The van der Waals surface area contributed by atoms with E-state index < -0.39 is 4.87 Å². The van der Waals surface area contributed by atoms with Crippen LogP contribution in [-0.4, -0.2) is 25.5 Å². The van der Waals surface area contributed by atoms with Crippen molar-refractivity contribution in [1.29, 1.82) is 0 Å². The highest BCUT2D eigenvalue weighted by Crippen LogP contribution is 2.39. The SMILES string of the molecule is CCCC1(Cl)C=C(Cl)C=CC1C(=NO)n1ccnc1. The van der Waals surface area contributed by atoms with E-state index in [9.17, 15) is 5.21 Å². The van der Waals surface area contributed by atoms with Crippen LogP contribution in [0.4, 0.5) is 0 Å². The minimum atomic E-state index is -0.688. The van der Waals surface area contributed by atoms with E-state index in [1.165, 1.54) is 0 Å². The third-order valence-electron chi connectivity index (χ3n) is 3.13. The van der Waals surface area contributed by atoms with Gasteiger partial charge in [0.25, 0.3) is 0 Å². The molecule has 0 amide bonds. The number of imidazole rings is 1. The summed E-state index contributed by atoms with van der Waals surface area (Å²) in [5, 5.41) is 13.3. The third-order valence-corrected chi connectivity index (χ3v) is 3.89. The topological polar surface area (TPSA) is 50.4 Å². The highest BCUT2D eigenvalue weighted by Gasteiger charge is 2.39. The van der Waals surface area contributed by atoms with Gasteiger partial charge >= 0.3 is 0 Å². The summed E-state index contributed by atoms with van der Waals surface area (Å²) in [5.74, 6) is 0.161. The summed E-state index contributed by atoms with van der Waals surface area (Å²) in [4.78, 5) is 3.27. The third kappa shape index (κ3) is 2.85. The van der Waals surface area contributed by atoms with Gasteiger partial charge in [-0.2, -0.15) is 0 Å². The molecule has 0 spiro atoms. The predicted molar refractivity (Wildman–Crippen MR) is 76.9 cm³/mol. The van der Waals surface area contributed by atoms with Crippen molar-refractivity contribution in [3.05, 3.63) is 42.0 Å². The molecule has 0 aliphatic heterocycles. The van der Waals surface area contributed by atoms with Crippen molar-refractivity contribution < 1.29 is 5.21 Å². The maximum Gasteiger partial charge on any atom is 0.162 e. The van der Waals surface area contributed by atoms with Crippen LogP contribution in [0.15, 0.2) is 47.1 Å². The first-order valence-electron chi connectivity index (χ1n) is 6.06. The number of rotatable bonds is 3. The first kappa shape index (κ1) is 14.2. The van der Waals surface area contributed by atoms with Gasteiger partial charge in [0.2, 0.25) is 0 Å². The molecule has 1 aromatic rings. The quantitative estimate of drug-likeness (QED) is 0.305. The summed E-state index contributed by atoms with van der Waals surface area (Å²) < 4.78 is 1.65. The average Bonchev–Trinajstić information content (AvgIpc) is 2.86. The lowest BCUT2D eigenvalue weighted by Crippen LogP contribution is -2.39. The lowest BCUT2D eigenvalue weighted by atomic mass is 9.83. The summed E-state index contributed by atoms with van der Waals surface area (Å²) in [6, 6.07) is 0. The molecular weight excluding hydrogens is 285 g/mol. The molecule has 1 heterocycles. The predicted octanol–water partition coefficient (Wildman–Crippen LogP) is 3.61. The van der Waals surface area contributed by atoms with Gasteiger partial charge in [-0.3, -0.25) is 4.57 Å². The van der Waals surface area contributed by atoms with E-state index in [-0.39, 0.29) is 5.92 Å². The Morgan fingerprint density at radius 3 is 3.00 bits per heavy atom. The van der Waals surface area contributed by atoms with Gasteiger partial charge in [-0.1, -0.05) is 36.2 Å². The van der Waals surface area contributed by atoms with E-state index in [2.05, 4.69) is 10.1 Å². The smallest absolute Gasteiger partial charge is 0.162 e. The molecule has 0 fully saturated rings. The molecule has 0 aromatic carbocycles.